The van der Waals surface area contributed by atoms with Crippen molar-refractivity contribution in [3.05, 3.63) is 35.9 Å². The highest BCUT2D eigenvalue weighted by atomic mass is 16.3. The van der Waals surface area contributed by atoms with Crippen molar-refractivity contribution in [2.75, 3.05) is 19.6 Å². The Morgan fingerprint density at radius 3 is 2.48 bits per heavy atom. The van der Waals surface area contributed by atoms with Crippen LogP contribution in [0.5, 0.6) is 11.5 Å². The monoisotopic (exact) mass is 285 g/mol. The number of fused-ring (bicyclic) bond motifs is 1. The summed E-state index contributed by atoms with van der Waals surface area (Å²) in [5.41, 5.74) is 1.35. The maximum Gasteiger partial charge on any atom is 0.165 e. The van der Waals surface area contributed by atoms with Crippen LogP contribution in [-0.4, -0.2) is 34.7 Å². The number of phenolic OH excluding ortho intramolecular Hbond substituents is 2. The fraction of sp³-hybridized carbons (Fsp3) is 0.444. The van der Waals surface area contributed by atoms with E-state index in [1.165, 1.54) is 31.5 Å². The summed E-state index contributed by atoms with van der Waals surface area (Å²) in [6, 6.07) is 9.52. The summed E-state index contributed by atoms with van der Waals surface area (Å²) in [6.45, 7) is 8.00. The molecule has 0 aliphatic carbocycles. The normalized spacial score (nSPS) is 16.7. The first-order valence-electron chi connectivity index (χ1n) is 7.65. The highest BCUT2D eigenvalue weighted by molar-refractivity contribution is 5.90. The molecule has 1 heterocycles. The van der Waals surface area contributed by atoms with Crippen molar-refractivity contribution in [3.63, 3.8) is 0 Å². The van der Waals surface area contributed by atoms with E-state index in [1.807, 2.05) is 12.1 Å². The van der Waals surface area contributed by atoms with E-state index in [0.29, 0.717) is 5.39 Å². The van der Waals surface area contributed by atoms with E-state index in [-0.39, 0.29) is 16.9 Å². The minimum Gasteiger partial charge on any atom is -0.504 e. The van der Waals surface area contributed by atoms with Gasteiger partial charge in [0.25, 0.3) is 0 Å². The van der Waals surface area contributed by atoms with Crippen LogP contribution in [0.1, 0.15) is 32.3 Å². The molecule has 0 aromatic heterocycles. The molecule has 0 radical (unpaired) electrons. The van der Waals surface area contributed by atoms with E-state index < -0.39 is 0 Å². The third kappa shape index (κ3) is 2.70. The summed E-state index contributed by atoms with van der Waals surface area (Å²) in [4.78, 5) is 2.53. The van der Waals surface area contributed by atoms with Gasteiger partial charge in [-0.25, -0.2) is 0 Å². The van der Waals surface area contributed by atoms with Gasteiger partial charge in [0.05, 0.1) is 0 Å². The van der Waals surface area contributed by atoms with Crippen molar-refractivity contribution in [1.82, 2.24) is 4.90 Å². The van der Waals surface area contributed by atoms with Crippen LogP contribution < -0.4 is 0 Å². The minimum atomic E-state index is -0.0634. The number of benzene rings is 2. The lowest BCUT2D eigenvalue weighted by molar-refractivity contribution is 0.269. The van der Waals surface area contributed by atoms with E-state index in [4.69, 9.17) is 0 Å². The van der Waals surface area contributed by atoms with Crippen molar-refractivity contribution in [1.29, 1.82) is 0 Å². The van der Waals surface area contributed by atoms with Crippen molar-refractivity contribution in [3.8, 4) is 11.5 Å². The predicted molar refractivity (Wildman–Crippen MR) is 86.0 cm³/mol. The molecule has 3 nitrogen and oxygen atoms in total. The van der Waals surface area contributed by atoms with Crippen LogP contribution in [0, 0.1) is 0 Å². The molecule has 2 aromatic rings. The molecule has 1 saturated heterocycles. The van der Waals surface area contributed by atoms with E-state index in [2.05, 4.69) is 30.9 Å². The molecule has 1 fully saturated rings. The molecule has 0 spiro atoms. The first-order valence-corrected chi connectivity index (χ1v) is 7.65. The fourth-order valence-electron chi connectivity index (χ4n) is 3.31. The topological polar surface area (TPSA) is 43.7 Å². The summed E-state index contributed by atoms with van der Waals surface area (Å²) in [6.07, 6.45) is 2.61. The summed E-state index contributed by atoms with van der Waals surface area (Å²) in [5, 5.41) is 21.2. The smallest absolute Gasteiger partial charge is 0.165 e. The standard InChI is InChI=1S/C18H23NO2/c1-18(2,12-19-9-3-4-10-19)14-6-7-15-13(11-14)5-8-16(20)17(15)21/h5-8,11,20-21H,3-4,9-10,12H2,1-2H3. The van der Waals surface area contributed by atoms with E-state index in [9.17, 15) is 10.2 Å². The van der Waals surface area contributed by atoms with E-state index in [1.54, 1.807) is 6.07 Å². The first kappa shape index (κ1) is 14.2. The molecule has 0 bridgehead atoms. The number of hydrogen-bond acceptors (Lipinski definition) is 3. The molecule has 21 heavy (non-hydrogen) atoms. The van der Waals surface area contributed by atoms with Crippen molar-refractivity contribution >= 4 is 10.8 Å². The zero-order chi connectivity index (χ0) is 15.0. The number of rotatable bonds is 3. The number of nitrogens with zero attached hydrogens (tertiary/aromatic N) is 1. The maximum absolute atomic E-state index is 9.92. The number of likely N-dealkylation sites (tertiary alicyclic amines) is 1. The summed E-state index contributed by atoms with van der Waals surface area (Å²) in [7, 11) is 0. The van der Waals surface area contributed by atoms with Crippen molar-refractivity contribution < 1.29 is 10.2 Å². The molecular weight excluding hydrogens is 262 g/mol. The molecule has 3 heteroatoms. The van der Waals surface area contributed by atoms with Crippen LogP contribution in [0.15, 0.2) is 30.3 Å². The third-order valence-corrected chi connectivity index (χ3v) is 4.57. The Bertz CT molecular complexity index is 658. The molecule has 2 N–H and O–H groups in total. The van der Waals surface area contributed by atoms with Gasteiger partial charge in [-0.1, -0.05) is 38.1 Å². The Morgan fingerprint density at radius 1 is 1.05 bits per heavy atom. The Kier molecular flexibility index (Phi) is 3.54. The lowest BCUT2D eigenvalue weighted by Crippen LogP contribution is -2.35. The SMILES string of the molecule is CC(C)(CN1CCCC1)c1ccc2c(O)c(O)ccc2c1. The van der Waals surface area contributed by atoms with Gasteiger partial charge in [-0.15, -0.1) is 0 Å². The van der Waals surface area contributed by atoms with Gasteiger partial charge >= 0.3 is 0 Å². The van der Waals surface area contributed by atoms with Gasteiger partial charge in [0.1, 0.15) is 0 Å². The molecular formula is C18H23NO2. The van der Waals surface area contributed by atoms with Gasteiger partial charge in [-0.3, -0.25) is 0 Å². The highest BCUT2D eigenvalue weighted by Crippen LogP contribution is 2.36. The van der Waals surface area contributed by atoms with Crippen LogP contribution in [0.25, 0.3) is 10.8 Å². The molecule has 3 rings (SSSR count). The van der Waals surface area contributed by atoms with Gasteiger partial charge in [0.15, 0.2) is 11.5 Å². The molecule has 1 aliphatic rings. The van der Waals surface area contributed by atoms with Crippen molar-refractivity contribution in [2.45, 2.75) is 32.1 Å². The highest BCUT2D eigenvalue weighted by Gasteiger charge is 2.26. The Hall–Kier alpha value is -1.74. The average molecular weight is 285 g/mol. The quantitative estimate of drug-likeness (QED) is 0.846. The summed E-state index contributed by atoms with van der Waals surface area (Å²) in [5.74, 6) is -0.0945. The molecule has 112 valence electrons. The van der Waals surface area contributed by atoms with Crippen LogP contribution in [-0.2, 0) is 5.41 Å². The second kappa shape index (κ2) is 5.23. The minimum absolute atomic E-state index is 0.0311. The average Bonchev–Trinajstić information content (AvgIpc) is 2.95. The van der Waals surface area contributed by atoms with Crippen LogP contribution in [0.4, 0.5) is 0 Å². The summed E-state index contributed by atoms with van der Waals surface area (Å²) < 4.78 is 0. The van der Waals surface area contributed by atoms with E-state index >= 15 is 0 Å². The first-order chi connectivity index (χ1) is 9.97. The Balaban J connectivity index is 1.94. The van der Waals surface area contributed by atoms with Gasteiger partial charge in [-0.2, -0.15) is 0 Å². The second-order valence-electron chi connectivity index (χ2n) is 6.74. The Morgan fingerprint density at radius 2 is 1.76 bits per heavy atom. The largest absolute Gasteiger partial charge is 0.504 e. The molecule has 2 aromatic carbocycles. The molecule has 0 amide bonds. The molecule has 0 atom stereocenters. The van der Waals surface area contributed by atoms with Gasteiger partial charge in [-0.05, 0) is 42.9 Å². The van der Waals surface area contributed by atoms with Crippen LogP contribution in [0.2, 0.25) is 0 Å². The number of phenols is 2. The zero-order valence-electron chi connectivity index (χ0n) is 12.8. The lowest BCUT2D eigenvalue weighted by Gasteiger charge is -2.31. The number of hydrogen-bond donors (Lipinski definition) is 2. The fourth-order valence-corrected chi connectivity index (χ4v) is 3.31. The molecule has 0 unspecified atom stereocenters. The van der Waals surface area contributed by atoms with Crippen molar-refractivity contribution in [2.24, 2.45) is 0 Å². The van der Waals surface area contributed by atoms with Gasteiger partial charge in [0.2, 0.25) is 0 Å². The summed E-state index contributed by atoms with van der Waals surface area (Å²) >= 11 is 0. The third-order valence-electron chi connectivity index (χ3n) is 4.57. The zero-order valence-corrected chi connectivity index (χ0v) is 12.8. The predicted octanol–water partition coefficient (Wildman–Crippen LogP) is 3.62. The lowest BCUT2D eigenvalue weighted by atomic mass is 9.83. The number of aromatic hydroxyl groups is 2. The Labute approximate surface area is 125 Å². The van der Waals surface area contributed by atoms with Crippen LogP contribution >= 0.6 is 0 Å². The maximum atomic E-state index is 9.92. The van der Waals surface area contributed by atoms with Gasteiger partial charge < -0.3 is 15.1 Å². The molecule has 1 aliphatic heterocycles. The van der Waals surface area contributed by atoms with Crippen LogP contribution in [0.3, 0.4) is 0 Å². The van der Waals surface area contributed by atoms with Gasteiger partial charge in [0, 0.05) is 17.3 Å². The second-order valence-corrected chi connectivity index (χ2v) is 6.74. The van der Waals surface area contributed by atoms with E-state index in [0.717, 1.165) is 11.9 Å². The molecule has 0 saturated carbocycles.